The summed E-state index contributed by atoms with van der Waals surface area (Å²) in [6.07, 6.45) is 0.702. The summed E-state index contributed by atoms with van der Waals surface area (Å²) in [5.41, 5.74) is 7.58. The van der Waals surface area contributed by atoms with E-state index in [1.165, 1.54) is 0 Å². The van der Waals surface area contributed by atoms with E-state index in [0.717, 1.165) is 16.8 Å². The third kappa shape index (κ3) is 3.04. The number of amides is 1. The molecular formula is C17H17N5O3. The number of nitrogens with zero attached hydrogens (tertiary/aromatic N) is 2. The molecule has 8 nitrogen and oxygen atoms in total. The summed E-state index contributed by atoms with van der Waals surface area (Å²) in [5, 5.41) is 24.6. The SMILES string of the molecule is CCc1[nH]nc2c1C(c1ccc(OCC(N)=O)cc1)C(C#N)C(=N)O2. The number of hydrogen-bond donors (Lipinski definition) is 3. The van der Waals surface area contributed by atoms with E-state index in [1.807, 2.05) is 6.92 Å². The number of aromatic nitrogens is 2. The Bertz CT molecular complexity index is 850. The van der Waals surface area contributed by atoms with Gasteiger partial charge in [0.15, 0.2) is 6.61 Å². The topological polar surface area (TPSA) is 138 Å². The average molecular weight is 339 g/mol. The van der Waals surface area contributed by atoms with Crippen molar-refractivity contribution >= 4 is 11.8 Å². The molecule has 128 valence electrons. The van der Waals surface area contributed by atoms with Crippen molar-refractivity contribution in [1.82, 2.24) is 10.2 Å². The van der Waals surface area contributed by atoms with E-state index in [-0.39, 0.29) is 18.4 Å². The van der Waals surface area contributed by atoms with Gasteiger partial charge in [-0.1, -0.05) is 19.1 Å². The van der Waals surface area contributed by atoms with Gasteiger partial charge in [-0.25, -0.2) is 0 Å². The molecule has 0 saturated carbocycles. The Hall–Kier alpha value is -3.34. The zero-order valence-electron chi connectivity index (χ0n) is 13.6. The highest BCUT2D eigenvalue weighted by atomic mass is 16.5. The van der Waals surface area contributed by atoms with E-state index < -0.39 is 11.8 Å². The summed E-state index contributed by atoms with van der Waals surface area (Å²) in [6, 6.07) is 9.18. The molecule has 0 aliphatic carbocycles. The molecule has 0 saturated heterocycles. The fraction of sp³-hybridized carbons (Fsp3) is 0.294. The van der Waals surface area contributed by atoms with Crippen LogP contribution in [-0.2, 0) is 11.2 Å². The van der Waals surface area contributed by atoms with Crippen LogP contribution >= 0.6 is 0 Å². The van der Waals surface area contributed by atoms with Crippen LogP contribution in [0.2, 0.25) is 0 Å². The number of fused-ring (bicyclic) bond motifs is 1. The number of H-pyrrole nitrogens is 1. The van der Waals surface area contributed by atoms with Gasteiger partial charge >= 0.3 is 0 Å². The van der Waals surface area contributed by atoms with Gasteiger partial charge in [-0.15, -0.1) is 5.10 Å². The van der Waals surface area contributed by atoms with Crippen LogP contribution in [0.4, 0.5) is 0 Å². The molecule has 1 aromatic heterocycles. The summed E-state index contributed by atoms with van der Waals surface area (Å²) in [4.78, 5) is 10.8. The van der Waals surface area contributed by atoms with Gasteiger partial charge in [0.05, 0.1) is 6.07 Å². The number of aromatic amines is 1. The van der Waals surface area contributed by atoms with Gasteiger partial charge in [-0.3, -0.25) is 15.3 Å². The second-order valence-corrected chi connectivity index (χ2v) is 5.65. The standard InChI is InChI=1S/C17H17N5O3/c1-2-12-15-14(11(7-18)16(20)25-17(15)22-21-12)9-3-5-10(6-4-9)24-8-13(19)23/h3-6,11,14,20H,2,8H2,1H3,(H2,19,23)(H,21,22). The van der Waals surface area contributed by atoms with Crippen LogP contribution in [0.1, 0.15) is 29.7 Å². The van der Waals surface area contributed by atoms with Gasteiger partial charge in [-0.2, -0.15) is 5.26 Å². The summed E-state index contributed by atoms with van der Waals surface area (Å²) < 4.78 is 10.7. The predicted molar refractivity (Wildman–Crippen MR) is 88.4 cm³/mol. The van der Waals surface area contributed by atoms with Crippen LogP contribution in [0, 0.1) is 22.7 Å². The van der Waals surface area contributed by atoms with Crippen LogP contribution in [0.25, 0.3) is 0 Å². The molecule has 0 fully saturated rings. The number of benzene rings is 1. The third-order valence-electron chi connectivity index (χ3n) is 4.09. The van der Waals surface area contributed by atoms with Crippen molar-refractivity contribution in [2.75, 3.05) is 6.61 Å². The van der Waals surface area contributed by atoms with Crippen molar-refractivity contribution in [2.24, 2.45) is 11.7 Å². The average Bonchev–Trinajstić information content (AvgIpc) is 3.01. The highest BCUT2D eigenvalue weighted by Crippen LogP contribution is 2.43. The van der Waals surface area contributed by atoms with Crippen molar-refractivity contribution < 1.29 is 14.3 Å². The smallest absolute Gasteiger partial charge is 0.255 e. The fourth-order valence-electron chi connectivity index (χ4n) is 2.94. The molecule has 2 unspecified atom stereocenters. The predicted octanol–water partition coefficient (Wildman–Crippen LogP) is 1.48. The molecule has 2 atom stereocenters. The maximum absolute atomic E-state index is 10.8. The highest BCUT2D eigenvalue weighted by Gasteiger charge is 2.40. The second-order valence-electron chi connectivity index (χ2n) is 5.65. The number of nitrogens with one attached hydrogen (secondary N) is 2. The molecule has 0 radical (unpaired) electrons. The zero-order chi connectivity index (χ0) is 18.0. The van der Waals surface area contributed by atoms with Crippen LogP contribution in [0.15, 0.2) is 24.3 Å². The lowest BCUT2D eigenvalue weighted by Gasteiger charge is -2.28. The van der Waals surface area contributed by atoms with Crippen molar-refractivity contribution in [3.05, 3.63) is 41.1 Å². The molecule has 1 aliphatic heterocycles. The Morgan fingerprint density at radius 2 is 2.20 bits per heavy atom. The number of primary amides is 1. The molecule has 0 spiro atoms. The maximum atomic E-state index is 10.8. The maximum Gasteiger partial charge on any atom is 0.255 e. The highest BCUT2D eigenvalue weighted by molar-refractivity contribution is 5.84. The molecule has 4 N–H and O–H groups in total. The minimum absolute atomic E-state index is 0.122. The van der Waals surface area contributed by atoms with Gasteiger partial charge in [0.2, 0.25) is 11.8 Å². The molecule has 2 aromatic rings. The van der Waals surface area contributed by atoms with Gasteiger partial charge in [0.1, 0.15) is 11.7 Å². The lowest BCUT2D eigenvalue weighted by molar-refractivity contribution is -0.119. The first-order chi connectivity index (χ1) is 12.0. The van der Waals surface area contributed by atoms with E-state index in [9.17, 15) is 10.1 Å². The fourth-order valence-corrected chi connectivity index (χ4v) is 2.94. The van der Waals surface area contributed by atoms with Gasteiger partial charge in [-0.05, 0) is 24.1 Å². The van der Waals surface area contributed by atoms with E-state index >= 15 is 0 Å². The van der Waals surface area contributed by atoms with E-state index in [2.05, 4.69) is 16.3 Å². The lowest BCUT2D eigenvalue weighted by atomic mass is 9.79. The molecule has 1 aromatic carbocycles. The van der Waals surface area contributed by atoms with Crippen molar-refractivity contribution in [3.63, 3.8) is 0 Å². The van der Waals surface area contributed by atoms with Crippen molar-refractivity contribution in [1.29, 1.82) is 10.7 Å². The minimum Gasteiger partial charge on any atom is -0.484 e. The van der Waals surface area contributed by atoms with Crippen molar-refractivity contribution in [3.8, 4) is 17.7 Å². The Morgan fingerprint density at radius 1 is 1.48 bits per heavy atom. The monoisotopic (exact) mass is 339 g/mol. The normalized spacial score (nSPS) is 18.8. The van der Waals surface area contributed by atoms with Gasteiger partial charge < -0.3 is 15.2 Å². The number of carbonyl (C=O) groups excluding carboxylic acids is 1. The van der Waals surface area contributed by atoms with Crippen LogP contribution in [0.5, 0.6) is 11.6 Å². The Labute approximate surface area is 144 Å². The number of aryl methyl sites for hydroxylation is 1. The summed E-state index contributed by atoms with van der Waals surface area (Å²) in [7, 11) is 0. The number of nitrogens with two attached hydrogens (primary N) is 1. The Morgan fingerprint density at radius 3 is 2.80 bits per heavy atom. The third-order valence-corrected chi connectivity index (χ3v) is 4.09. The van der Waals surface area contributed by atoms with Crippen LogP contribution in [-0.4, -0.2) is 28.6 Å². The Balaban J connectivity index is 1.99. The first-order valence-electron chi connectivity index (χ1n) is 7.79. The van der Waals surface area contributed by atoms with Gasteiger partial charge in [0, 0.05) is 17.2 Å². The molecule has 1 aliphatic rings. The van der Waals surface area contributed by atoms with Crippen LogP contribution < -0.4 is 15.2 Å². The van der Waals surface area contributed by atoms with E-state index in [1.54, 1.807) is 24.3 Å². The number of ether oxygens (including phenoxy) is 2. The Kier molecular flexibility index (Phi) is 4.39. The van der Waals surface area contributed by atoms with Gasteiger partial charge in [0.25, 0.3) is 5.91 Å². The molecule has 1 amide bonds. The molecule has 3 rings (SSSR count). The molecular weight excluding hydrogens is 322 g/mol. The molecule has 2 heterocycles. The lowest BCUT2D eigenvalue weighted by Crippen LogP contribution is -2.31. The van der Waals surface area contributed by atoms with Crippen molar-refractivity contribution in [2.45, 2.75) is 19.3 Å². The summed E-state index contributed by atoms with van der Waals surface area (Å²) >= 11 is 0. The summed E-state index contributed by atoms with van der Waals surface area (Å²) in [5.74, 6) is -0.938. The molecule has 0 bridgehead atoms. The van der Waals surface area contributed by atoms with E-state index in [4.69, 9.17) is 20.6 Å². The quantitative estimate of drug-likeness (QED) is 0.757. The molecule has 25 heavy (non-hydrogen) atoms. The van der Waals surface area contributed by atoms with Crippen LogP contribution in [0.3, 0.4) is 0 Å². The minimum atomic E-state index is -0.743. The number of nitriles is 1. The molecule has 8 heteroatoms. The number of carbonyl (C=O) groups is 1. The number of rotatable bonds is 5. The summed E-state index contributed by atoms with van der Waals surface area (Å²) in [6.45, 7) is 1.78. The number of hydrogen-bond acceptors (Lipinski definition) is 6. The zero-order valence-corrected chi connectivity index (χ0v) is 13.6. The second kappa shape index (κ2) is 6.65. The largest absolute Gasteiger partial charge is 0.484 e. The first-order valence-corrected chi connectivity index (χ1v) is 7.79. The van der Waals surface area contributed by atoms with E-state index in [0.29, 0.717) is 18.1 Å². The first kappa shape index (κ1) is 16.5.